The van der Waals surface area contributed by atoms with Crippen LogP contribution in [0.1, 0.15) is 46.4 Å². The molecule has 1 aromatic carbocycles. The topological polar surface area (TPSA) is 127 Å². The number of carboxylic acid groups (broad SMARTS) is 2. The van der Waals surface area contributed by atoms with Crippen LogP contribution in [0.3, 0.4) is 0 Å². The SMILES string of the molecule is O=C(O)CCCCC(=O)OCCOC(=O)c1ccccc1C(=O)O. The summed E-state index contributed by atoms with van der Waals surface area (Å²) in [5, 5.41) is 17.4. The van der Waals surface area contributed by atoms with Gasteiger partial charge in [-0.2, -0.15) is 0 Å². The lowest BCUT2D eigenvalue weighted by molar-refractivity contribution is -0.145. The predicted octanol–water partition coefficient (Wildman–Crippen LogP) is 1.73. The fourth-order valence-electron chi connectivity index (χ4n) is 1.83. The van der Waals surface area contributed by atoms with Crippen LogP contribution in [0.15, 0.2) is 24.3 Å². The highest BCUT2D eigenvalue weighted by atomic mass is 16.6. The van der Waals surface area contributed by atoms with Crippen LogP contribution in [0.4, 0.5) is 0 Å². The Bertz CT molecular complexity index is 608. The molecule has 0 amide bonds. The Morgan fingerprint density at radius 1 is 0.833 bits per heavy atom. The smallest absolute Gasteiger partial charge is 0.339 e. The van der Waals surface area contributed by atoms with Crippen molar-refractivity contribution in [3.05, 3.63) is 35.4 Å². The van der Waals surface area contributed by atoms with Crippen LogP contribution in [-0.2, 0) is 19.1 Å². The van der Waals surface area contributed by atoms with Crippen LogP contribution in [0.5, 0.6) is 0 Å². The van der Waals surface area contributed by atoms with Crippen molar-refractivity contribution >= 4 is 23.9 Å². The fourth-order valence-corrected chi connectivity index (χ4v) is 1.83. The zero-order valence-electron chi connectivity index (χ0n) is 12.9. The van der Waals surface area contributed by atoms with Gasteiger partial charge in [0.2, 0.25) is 0 Å². The number of aromatic carboxylic acids is 1. The predicted molar refractivity (Wildman–Crippen MR) is 80.7 cm³/mol. The Morgan fingerprint density at radius 2 is 1.42 bits per heavy atom. The molecule has 0 spiro atoms. The van der Waals surface area contributed by atoms with E-state index in [9.17, 15) is 19.2 Å². The molecule has 0 atom stereocenters. The van der Waals surface area contributed by atoms with Crippen molar-refractivity contribution in [2.45, 2.75) is 25.7 Å². The number of rotatable bonds is 10. The molecule has 0 aromatic heterocycles. The minimum atomic E-state index is -1.24. The van der Waals surface area contributed by atoms with E-state index >= 15 is 0 Å². The average Bonchev–Trinajstić information content (AvgIpc) is 2.55. The second-order valence-electron chi connectivity index (χ2n) is 4.81. The monoisotopic (exact) mass is 338 g/mol. The standard InChI is InChI=1S/C16H18O8/c17-13(18)7-3-4-8-14(19)23-9-10-24-16(22)12-6-2-1-5-11(12)15(20)21/h1-2,5-6H,3-4,7-10H2,(H,17,18)(H,20,21). The summed E-state index contributed by atoms with van der Waals surface area (Å²) in [6, 6.07) is 5.63. The number of carboxylic acids is 2. The van der Waals surface area contributed by atoms with Gasteiger partial charge in [-0.1, -0.05) is 12.1 Å². The van der Waals surface area contributed by atoms with Crippen LogP contribution < -0.4 is 0 Å². The fraction of sp³-hybridized carbons (Fsp3) is 0.375. The molecule has 130 valence electrons. The minimum absolute atomic E-state index is 0.00607. The van der Waals surface area contributed by atoms with Crippen LogP contribution in [-0.4, -0.2) is 47.3 Å². The Labute approximate surface area is 138 Å². The van der Waals surface area contributed by atoms with E-state index in [2.05, 4.69) is 0 Å². The summed E-state index contributed by atoms with van der Waals surface area (Å²) in [6.45, 7) is -0.355. The minimum Gasteiger partial charge on any atom is -0.481 e. The molecule has 0 aliphatic heterocycles. The molecule has 0 unspecified atom stereocenters. The number of benzene rings is 1. The molecule has 0 aliphatic carbocycles. The van der Waals surface area contributed by atoms with E-state index in [-0.39, 0.29) is 37.2 Å². The maximum Gasteiger partial charge on any atom is 0.339 e. The summed E-state index contributed by atoms with van der Waals surface area (Å²) in [7, 11) is 0. The van der Waals surface area contributed by atoms with E-state index in [1.807, 2.05) is 0 Å². The van der Waals surface area contributed by atoms with Gasteiger partial charge in [-0.3, -0.25) is 9.59 Å². The van der Waals surface area contributed by atoms with Gasteiger partial charge in [-0.05, 0) is 25.0 Å². The number of carbonyl (C=O) groups is 4. The first-order chi connectivity index (χ1) is 11.4. The molecule has 0 bridgehead atoms. The molecule has 24 heavy (non-hydrogen) atoms. The molecule has 1 rings (SSSR count). The summed E-state index contributed by atoms with van der Waals surface area (Å²) in [5.74, 6) is -3.49. The number of aliphatic carboxylic acids is 1. The van der Waals surface area contributed by atoms with Crippen molar-refractivity contribution in [1.29, 1.82) is 0 Å². The molecule has 0 heterocycles. The second kappa shape index (κ2) is 9.98. The van der Waals surface area contributed by atoms with E-state index < -0.39 is 23.9 Å². The summed E-state index contributed by atoms with van der Waals surface area (Å²) in [4.78, 5) is 44.5. The highest BCUT2D eigenvalue weighted by Gasteiger charge is 2.16. The second-order valence-corrected chi connectivity index (χ2v) is 4.81. The Morgan fingerprint density at radius 3 is 2.04 bits per heavy atom. The number of hydrogen-bond donors (Lipinski definition) is 2. The first-order valence-corrected chi connectivity index (χ1v) is 7.28. The highest BCUT2D eigenvalue weighted by Crippen LogP contribution is 2.10. The lowest BCUT2D eigenvalue weighted by Crippen LogP contribution is -2.16. The Hall–Kier alpha value is -2.90. The van der Waals surface area contributed by atoms with Gasteiger partial charge in [-0.15, -0.1) is 0 Å². The number of carbonyl (C=O) groups excluding carboxylic acids is 2. The van der Waals surface area contributed by atoms with Gasteiger partial charge >= 0.3 is 23.9 Å². The summed E-state index contributed by atoms with van der Waals surface area (Å²) >= 11 is 0. The van der Waals surface area contributed by atoms with Crippen molar-refractivity contribution in [3.63, 3.8) is 0 Å². The lowest BCUT2D eigenvalue weighted by Gasteiger charge is -2.08. The zero-order valence-corrected chi connectivity index (χ0v) is 12.9. The van der Waals surface area contributed by atoms with E-state index in [4.69, 9.17) is 19.7 Å². The molecule has 0 aliphatic rings. The van der Waals surface area contributed by atoms with Gasteiger partial charge in [0, 0.05) is 12.8 Å². The number of ether oxygens (including phenoxy) is 2. The number of unbranched alkanes of at least 4 members (excludes halogenated alkanes) is 1. The third-order valence-electron chi connectivity index (χ3n) is 2.98. The maximum atomic E-state index is 11.8. The summed E-state index contributed by atoms with van der Waals surface area (Å²) in [5.41, 5.74) is -0.247. The molecule has 8 heteroatoms. The largest absolute Gasteiger partial charge is 0.481 e. The van der Waals surface area contributed by atoms with Gasteiger partial charge in [0.25, 0.3) is 0 Å². The molecule has 2 N–H and O–H groups in total. The third kappa shape index (κ3) is 6.91. The average molecular weight is 338 g/mol. The quantitative estimate of drug-likeness (QED) is 0.488. The first-order valence-electron chi connectivity index (χ1n) is 7.28. The third-order valence-corrected chi connectivity index (χ3v) is 2.98. The number of esters is 2. The van der Waals surface area contributed by atoms with E-state index in [1.54, 1.807) is 0 Å². The summed E-state index contributed by atoms with van der Waals surface area (Å²) in [6.07, 6.45) is 0.860. The molecular formula is C16H18O8. The van der Waals surface area contributed by atoms with Crippen molar-refractivity contribution < 1.29 is 38.9 Å². The van der Waals surface area contributed by atoms with Crippen LogP contribution in [0, 0.1) is 0 Å². The molecule has 0 radical (unpaired) electrons. The zero-order chi connectivity index (χ0) is 17.9. The van der Waals surface area contributed by atoms with Gasteiger partial charge in [0.15, 0.2) is 0 Å². The molecule has 0 saturated carbocycles. The van der Waals surface area contributed by atoms with Crippen LogP contribution >= 0.6 is 0 Å². The van der Waals surface area contributed by atoms with Crippen LogP contribution in [0.2, 0.25) is 0 Å². The van der Waals surface area contributed by atoms with E-state index in [1.165, 1.54) is 24.3 Å². The normalized spacial score (nSPS) is 10.0. The van der Waals surface area contributed by atoms with Gasteiger partial charge in [0.05, 0.1) is 11.1 Å². The van der Waals surface area contributed by atoms with E-state index in [0.29, 0.717) is 12.8 Å². The van der Waals surface area contributed by atoms with E-state index in [0.717, 1.165) is 0 Å². The summed E-state index contributed by atoms with van der Waals surface area (Å²) < 4.78 is 9.70. The van der Waals surface area contributed by atoms with Crippen molar-refractivity contribution in [2.75, 3.05) is 13.2 Å². The van der Waals surface area contributed by atoms with Gasteiger partial charge in [-0.25, -0.2) is 9.59 Å². The van der Waals surface area contributed by atoms with Gasteiger partial charge < -0.3 is 19.7 Å². The van der Waals surface area contributed by atoms with Crippen molar-refractivity contribution in [1.82, 2.24) is 0 Å². The Kier molecular flexibility index (Phi) is 7.97. The molecule has 8 nitrogen and oxygen atoms in total. The molecule has 0 saturated heterocycles. The lowest BCUT2D eigenvalue weighted by atomic mass is 10.1. The van der Waals surface area contributed by atoms with Crippen LogP contribution in [0.25, 0.3) is 0 Å². The maximum absolute atomic E-state index is 11.8. The molecular weight excluding hydrogens is 320 g/mol. The van der Waals surface area contributed by atoms with Crippen molar-refractivity contribution in [3.8, 4) is 0 Å². The highest BCUT2D eigenvalue weighted by molar-refractivity contribution is 6.02. The molecule has 0 fully saturated rings. The number of hydrogen-bond acceptors (Lipinski definition) is 6. The first kappa shape index (κ1) is 19.1. The molecule has 1 aromatic rings. The van der Waals surface area contributed by atoms with Crippen molar-refractivity contribution in [2.24, 2.45) is 0 Å². The Balaban J connectivity index is 2.28. The van der Waals surface area contributed by atoms with Gasteiger partial charge in [0.1, 0.15) is 13.2 Å².